The van der Waals surface area contributed by atoms with Crippen LogP contribution in [0.4, 0.5) is 4.79 Å². The Morgan fingerprint density at radius 2 is 1.93 bits per heavy atom. The first-order chi connectivity index (χ1) is 12.9. The molecule has 0 saturated heterocycles. The van der Waals surface area contributed by atoms with Crippen LogP contribution in [0.25, 0.3) is 0 Å². The van der Waals surface area contributed by atoms with E-state index in [2.05, 4.69) is 15.5 Å². The number of Topliss-reactive ketones (excluding diaryl/α,β-unsaturated/α-hetero) is 1. The molecule has 27 heavy (non-hydrogen) atoms. The first kappa shape index (κ1) is 20.6. The summed E-state index contributed by atoms with van der Waals surface area (Å²) in [6.07, 6.45) is 0.986. The fourth-order valence-corrected chi connectivity index (χ4v) is 2.63. The summed E-state index contributed by atoms with van der Waals surface area (Å²) in [5, 5.41) is 6.87. The van der Waals surface area contributed by atoms with Crippen LogP contribution in [0.3, 0.4) is 0 Å². The summed E-state index contributed by atoms with van der Waals surface area (Å²) in [5.41, 5.74) is 1.04. The highest BCUT2D eigenvalue weighted by Gasteiger charge is 2.25. The van der Waals surface area contributed by atoms with Crippen LogP contribution in [0.5, 0.6) is 0 Å². The van der Waals surface area contributed by atoms with Gasteiger partial charge < -0.3 is 14.7 Å². The lowest BCUT2D eigenvalue weighted by Crippen LogP contribution is -2.41. The number of nitrogens with one attached hydrogen (secondary N) is 1. The van der Waals surface area contributed by atoms with E-state index in [0.29, 0.717) is 18.9 Å². The highest BCUT2D eigenvalue weighted by atomic mass is 16.5. The Hall–Kier alpha value is -2.70. The number of amides is 2. The fraction of sp³-hybridized carbons (Fsp3) is 0.500. The Labute approximate surface area is 160 Å². The molecule has 7 heteroatoms. The molecule has 1 heterocycles. The molecule has 0 spiro atoms. The number of carbonyl (C=O) groups excluding carboxylic acids is 2. The highest BCUT2D eigenvalue weighted by Crippen LogP contribution is 2.21. The summed E-state index contributed by atoms with van der Waals surface area (Å²) < 4.78 is 5.34. The topological polar surface area (TPSA) is 88.3 Å². The summed E-state index contributed by atoms with van der Waals surface area (Å²) in [7, 11) is 0. The number of urea groups is 1. The quantitative estimate of drug-likeness (QED) is 0.722. The number of benzene rings is 1. The number of carbonyl (C=O) groups is 2. The summed E-state index contributed by atoms with van der Waals surface area (Å²) >= 11 is 0. The minimum Gasteiger partial charge on any atom is -0.337 e. The second kappa shape index (κ2) is 9.85. The number of nitrogens with zero attached hydrogens (tertiary/aromatic N) is 3. The van der Waals surface area contributed by atoms with E-state index in [1.54, 1.807) is 4.90 Å². The van der Waals surface area contributed by atoms with Gasteiger partial charge in [-0.25, -0.2) is 4.79 Å². The Balaban J connectivity index is 2.12. The molecule has 1 aromatic heterocycles. The van der Waals surface area contributed by atoms with Crippen LogP contribution in [0, 0.1) is 0 Å². The fourth-order valence-electron chi connectivity index (χ4n) is 2.63. The third kappa shape index (κ3) is 5.91. The lowest BCUT2D eigenvalue weighted by Gasteiger charge is -2.24. The number of aromatic nitrogens is 2. The van der Waals surface area contributed by atoms with Gasteiger partial charge in [0, 0.05) is 25.4 Å². The van der Waals surface area contributed by atoms with Gasteiger partial charge >= 0.3 is 6.03 Å². The zero-order valence-corrected chi connectivity index (χ0v) is 16.4. The molecule has 2 aromatic rings. The van der Waals surface area contributed by atoms with E-state index in [1.165, 1.54) is 6.92 Å². The Morgan fingerprint density at radius 1 is 1.22 bits per heavy atom. The molecule has 0 unspecified atom stereocenters. The largest absolute Gasteiger partial charge is 0.337 e. The van der Waals surface area contributed by atoms with E-state index in [4.69, 9.17) is 4.52 Å². The van der Waals surface area contributed by atoms with E-state index in [1.807, 2.05) is 51.1 Å². The molecule has 2 amide bonds. The van der Waals surface area contributed by atoms with Crippen LogP contribution < -0.4 is 5.32 Å². The van der Waals surface area contributed by atoms with Crippen molar-refractivity contribution in [1.82, 2.24) is 20.4 Å². The summed E-state index contributed by atoms with van der Waals surface area (Å²) in [6, 6.07) is 8.86. The third-order valence-electron chi connectivity index (χ3n) is 4.48. The predicted molar refractivity (Wildman–Crippen MR) is 102 cm³/mol. The van der Waals surface area contributed by atoms with E-state index in [-0.39, 0.29) is 30.0 Å². The zero-order chi connectivity index (χ0) is 19.8. The second-order valence-corrected chi connectivity index (χ2v) is 6.71. The van der Waals surface area contributed by atoms with Gasteiger partial charge in [-0.05, 0) is 25.8 Å². The standard InChI is InChI=1S/C20H28N4O3/c1-5-14(3)18-22-19(27-23-18)17(12-15(4)25)21-20(26)24(6-2)13-16-10-8-7-9-11-16/h7-11,14,17H,5-6,12-13H2,1-4H3,(H,21,26)/t14-,17-/m0/s1. The number of hydrogen-bond donors (Lipinski definition) is 1. The van der Waals surface area contributed by atoms with Crippen molar-refractivity contribution in [3.63, 3.8) is 0 Å². The maximum atomic E-state index is 12.8. The molecule has 0 aliphatic carbocycles. The van der Waals surface area contributed by atoms with Gasteiger partial charge in [0.05, 0.1) is 0 Å². The van der Waals surface area contributed by atoms with Gasteiger partial charge in [0.25, 0.3) is 0 Å². The molecule has 2 rings (SSSR count). The Bertz CT molecular complexity index is 745. The summed E-state index contributed by atoms with van der Waals surface area (Å²) in [5.74, 6) is 0.952. The summed E-state index contributed by atoms with van der Waals surface area (Å²) in [6.45, 7) is 8.46. The van der Waals surface area contributed by atoms with Crippen LogP contribution >= 0.6 is 0 Å². The molecule has 0 bridgehead atoms. The molecule has 0 aliphatic rings. The lowest BCUT2D eigenvalue weighted by atomic mass is 10.1. The molecular formula is C20H28N4O3. The average Bonchev–Trinajstić information content (AvgIpc) is 3.15. The SMILES string of the molecule is CC[C@H](C)c1noc([C@H](CC(C)=O)NC(=O)N(CC)Cc2ccccc2)n1. The summed E-state index contributed by atoms with van der Waals surface area (Å²) in [4.78, 5) is 30.5. The molecule has 0 fully saturated rings. The molecule has 146 valence electrons. The van der Waals surface area contributed by atoms with E-state index in [9.17, 15) is 9.59 Å². The van der Waals surface area contributed by atoms with Crippen molar-refractivity contribution in [1.29, 1.82) is 0 Å². The first-order valence-electron chi connectivity index (χ1n) is 9.36. The Kier molecular flexibility index (Phi) is 7.52. The monoisotopic (exact) mass is 372 g/mol. The van der Waals surface area contributed by atoms with Gasteiger partial charge in [0.15, 0.2) is 5.82 Å². The first-order valence-corrected chi connectivity index (χ1v) is 9.36. The van der Waals surface area contributed by atoms with Crippen LogP contribution in [0.15, 0.2) is 34.9 Å². The van der Waals surface area contributed by atoms with Crippen LogP contribution in [-0.4, -0.2) is 33.4 Å². The normalized spacial score (nSPS) is 13.0. The molecule has 0 radical (unpaired) electrons. The molecular weight excluding hydrogens is 344 g/mol. The van der Waals surface area contributed by atoms with Crippen molar-refractivity contribution in [2.75, 3.05) is 6.54 Å². The van der Waals surface area contributed by atoms with Gasteiger partial charge in [-0.2, -0.15) is 4.98 Å². The maximum absolute atomic E-state index is 12.8. The van der Waals surface area contributed by atoms with Gasteiger partial charge in [-0.3, -0.25) is 4.79 Å². The van der Waals surface area contributed by atoms with E-state index >= 15 is 0 Å². The van der Waals surface area contributed by atoms with Gasteiger partial charge in [-0.15, -0.1) is 0 Å². The smallest absolute Gasteiger partial charge is 0.318 e. The molecule has 0 aliphatic heterocycles. The van der Waals surface area contributed by atoms with Crippen LogP contribution in [0.2, 0.25) is 0 Å². The molecule has 7 nitrogen and oxygen atoms in total. The van der Waals surface area contributed by atoms with Gasteiger partial charge in [0.1, 0.15) is 11.8 Å². The molecule has 1 aromatic carbocycles. The van der Waals surface area contributed by atoms with Crippen molar-refractivity contribution in [2.24, 2.45) is 0 Å². The highest BCUT2D eigenvalue weighted by molar-refractivity contribution is 5.78. The molecule has 0 saturated carbocycles. The van der Waals surface area contributed by atoms with Crippen molar-refractivity contribution in [3.05, 3.63) is 47.6 Å². The van der Waals surface area contributed by atoms with Gasteiger partial charge in [0.2, 0.25) is 5.89 Å². The minimum atomic E-state index is -0.634. The van der Waals surface area contributed by atoms with Crippen LogP contribution in [0.1, 0.15) is 69.8 Å². The van der Waals surface area contributed by atoms with Crippen molar-refractivity contribution in [3.8, 4) is 0 Å². The maximum Gasteiger partial charge on any atom is 0.318 e. The second-order valence-electron chi connectivity index (χ2n) is 6.71. The third-order valence-corrected chi connectivity index (χ3v) is 4.48. The van der Waals surface area contributed by atoms with E-state index in [0.717, 1.165) is 12.0 Å². The zero-order valence-electron chi connectivity index (χ0n) is 16.4. The van der Waals surface area contributed by atoms with Gasteiger partial charge in [-0.1, -0.05) is 49.3 Å². The molecule has 2 atom stereocenters. The number of ketones is 1. The van der Waals surface area contributed by atoms with Crippen molar-refractivity contribution < 1.29 is 14.1 Å². The van der Waals surface area contributed by atoms with Crippen molar-refractivity contribution >= 4 is 11.8 Å². The predicted octanol–water partition coefficient (Wildman–Crippen LogP) is 3.84. The van der Waals surface area contributed by atoms with E-state index < -0.39 is 6.04 Å². The molecule has 1 N–H and O–H groups in total. The minimum absolute atomic E-state index is 0.0605. The Morgan fingerprint density at radius 3 is 2.52 bits per heavy atom. The number of hydrogen-bond acceptors (Lipinski definition) is 5. The van der Waals surface area contributed by atoms with Crippen LogP contribution in [-0.2, 0) is 11.3 Å². The number of rotatable bonds is 9. The average molecular weight is 372 g/mol. The van der Waals surface area contributed by atoms with Crippen molar-refractivity contribution in [2.45, 2.75) is 59.0 Å². The lowest BCUT2D eigenvalue weighted by molar-refractivity contribution is -0.117.